The summed E-state index contributed by atoms with van der Waals surface area (Å²) in [5.74, 6) is -0.654. The van der Waals surface area contributed by atoms with Gasteiger partial charge in [-0.05, 0) is 73.5 Å². The van der Waals surface area contributed by atoms with Crippen LogP contribution in [0.1, 0.15) is 25.0 Å². The van der Waals surface area contributed by atoms with Gasteiger partial charge in [-0.3, -0.25) is 0 Å². The van der Waals surface area contributed by atoms with E-state index >= 15 is 0 Å². The van der Waals surface area contributed by atoms with Crippen molar-refractivity contribution >= 4 is 34.0 Å². The zero-order valence-corrected chi connectivity index (χ0v) is 26.5. The van der Waals surface area contributed by atoms with Crippen LogP contribution in [0.25, 0.3) is 33.4 Å². The molecule has 0 spiro atoms. The molecule has 0 saturated heterocycles. The first-order valence-corrected chi connectivity index (χ1v) is 15.0. The Morgan fingerprint density at radius 2 is 0.938 bits per heavy atom. The Labute approximate surface area is 276 Å². The van der Waals surface area contributed by atoms with E-state index in [0.29, 0.717) is 35.4 Å². The maximum atomic E-state index is 11.4. The van der Waals surface area contributed by atoms with Gasteiger partial charge >= 0.3 is 11.9 Å². The van der Waals surface area contributed by atoms with Gasteiger partial charge in [0.15, 0.2) is 0 Å². The third-order valence-electron chi connectivity index (χ3n) is 7.03. The predicted molar refractivity (Wildman–Crippen MR) is 180 cm³/mol. The lowest BCUT2D eigenvalue weighted by Gasteiger charge is -2.08. The van der Waals surface area contributed by atoms with E-state index in [1.807, 2.05) is 48.5 Å². The molecular formula is C36H34N6O6. The molecule has 48 heavy (non-hydrogen) atoms. The van der Waals surface area contributed by atoms with Gasteiger partial charge in [-0.15, -0.1) is 30.0 Å². The van der Waals surface area contributed by atoms with Crippen LogP contribution in [0.15, 0.2) is 109 Å². The summed E-state index contributed by atoms with van der Waals surface area (Å²) in [5, 5.41) is 37.7. The fourth-order valence-corrected chi connectivity index (χ4v) is 4.47. The maximum Gasteiger partial charge on any atom is 0.333 e. The first-order chi connectivity index (χ1) is 23.1. The standard InChI is InChI=1S/2C18H17N3O3/c2*1-12(2)18(23)24-10-9-13-7-8-17(22)16(11-13)21-19-14-5-3-4-6-15(14)20-21/h2*3-8,11,22H,1,9-10H2,2H3. The van der Waals surface area contributed by atoms with E-state index < -0.39 is 11.9 Å². The Morgan fingerprint density at radius 3 is 1.25 bits per heavy atom. The number of fused-ring (bicyclic) bond motifs is 2. The minimum atomic E-state index is -0.408. The Hall–Kier alpha value is -6.30. The van der Waals surface area contributed by atoms with E-state index in [0.717, 1.165) is 33.2 Å². The van der Waals surface area contributed by atoms with Gasteiger partial charge in [0.1, 0.15) is 44.9 Å². The Balaban J connectivity index is 0.000000188. The molecule has 6 rings (SSSR count). The van der Waals surface area contributed by atoms with E-state index in [4.69, 9.17) is 9.47 Å². The molecule has 2 N–H and O–H groups in total. The molecule has 0 fully saturated rings. The van der Waals surface area contributed by atoms with Crippen LogP contribution in [0.2, 0.25) is 0 Å². The minimum Gasteiger partial charge on any atom is -0.506 e. The van der Waals surface area contributed by atoms with Crippen molar-refractivity contribution in [3.8, 4) is 22.9 Å². The molecule has 6 aromatic rings. The molecule has 12 heteroatoms. The van der Waals surface area contributed by atoms with Crippen molar-refractivity contribution in [3.05, 3.63) is 120 Å². The number of carbonyl (C=O) groups is 2. The van der Waals surface area contributed by atoms with Crippen LogP contribution < -0.4 is 0 Å². The van der Waals surface area contributed by atoms with E-state index in [9.17, 15) is 19.8 Å². The molecular weight excluding hydrogens is 612 g/mol. The van der Waals surface area contributed by atoms with Crippen LogP contribution in [0.3, 0.4) is 0 Å². The molecule has 0 unspecified atom stereocenters. The molecule has 0 bridgehead atoms. The van der Waals surface area contributed by atoms with Gasteiger partial charge in [-0.25, -0.2) is 9.59 Å². The Morgan fingerprint density at radius 1 is 0.604 bits per heavy atom. The number of benzene rings is 4. The van der Waals surface area contributed by atoms with Crippen LogP contribution in [0.4, 0.5) is 0 Å². The third-order valence-corrected chi connectivity index (χ3v) is 7.03. The molecule has 0 saturated carbocycles. The molecule has 244 valence electrons. The fourth-order valence-electron chi connectivity index (χ4n) is 4.47. The van der Waals surface area contributed by atoms with Crippen molar-refractivity contribution in [2.75, 3.05) is 13.2 Å². The quantitative estimate of drug-likeness (QED) is 0.142. The van der Waals surface area contributed by atoms with Gasteiger partial charge in [0.25, 0.3) is 0 Å². The van der Waals surface area contributed by atoms with Gasteiger partial charge in [0.2, 0.25) is 0 Å². The summed E-state index contributed by atoms with van der Waals surface area (Å²) >= 11 is 0. The van der Waals surface area contributed by atoms with E-state index in [1.54, 1.807) is 50.2 Å². The van der Waals surface area contributed by atoms with Gasteiger partial charge in [-0.1, -0.05) is 49.6 Å². The zero-order chi connectivity index (χ0) is 34.2. The molecule has 0 aliphatic heterocycles. The average molecular weight is 647 g/mol. The number of hydrogen-bond acceptors (Lipinski definition) is 10. The number of aromatic nitrogens is 6. The maximum absolute atomic E-state index is 11.4. The molecule has 0 radical (unpaired) electrons. The molecule has 0 aliphatic carbocycles. The second kappa shape index (κ2) is 14.9. The lowest BCUT2D eigenvalue weighted by atomic mass is 10.1. The van der Waals surface area contributed by atoms with Crippen LogP contribution >= 0.6 is 0 Å². The SMILES string of the molecule is C=C(C)C(=O)OCCc1ccc(O)c(-n2nc3ccccc3n2)c1.C=C(C)C(=O)OCCc1ccc(O)c(-n2nc3ccccc3n2)c1. The number of esters is 2. The second-order valence-electron chi connectivity index (χ2n) is 10.9. The number of rotatable bonds is 10. The first kappa shape index (κ1) is 33.1. The lowest BCUT2D eigenvalue weighted by molar-refractivity contribution is -0.139. The molecule has 0 amide bonds. The summed E-state index contributed by atoms with van der Waals surface area (Å²) in [6.07, 6.45) is 1.04. The summed E-state index contributed by atoms with van der Waals surface area (Å²) in [5.41, 5.74) is 6.50. The van der Waals surface area contributed by atoms with Crippen molar-refractivity contribution < 1.29 is 29.3 Å². The summed E-state index contributed by atoms with van der Waals surface area (Å²) in [7, 11) is 0. The smallest absolute Gasteiger partial charge is 0.333 e. The molecule has 2 aromatic heterocycles. The van der Waals surface area contributed by atoms with Crippen LogP contribution in [0, 0.1) is 0 Å². The van der Waals surface area contributed by atoms with Crippen LogP contribution in [0.5, 0.6) is 11.5 Å². The van der Waals surface area contributed by atoms with Crippen LogP contribution in [-0.2, 0) is 31.9 Å². The average Bonchev–Trinajstić information content (AvgIpc) is 3.71. The topological polar surface area (TPSA) is 154 Å². The molecule has 12 nitrogen and oxygen atoms in total. The van der Waals surface area contributed by atoms with Crippen LogP contribution in [-0.4, -0.2) is 65.4 Å². The third kappa shape index (κ3) is 8.10. The predicted octanol–water partition coefficient (Wildman–Crippen LogP) is 5.58. The second-order valence-corrected chi connectivity index (χ2v) is 10.9. The fraction of sp³-hybridized carbons (Fsp3) is 0.167. The van der Waals surface area contributed by atoms with Gasteiger partial charge in [0.05, 0.1) is 13.2 Å². The first-order valence-electron chi connectivity index (χ1n) is 15.0. The lowest BCUT2D eigenvalue weighted by Crippen LogP contribution is -2.08. The van der Waals surface area contributed by atoms with E-state index in [-0.39, 0.29) is 24.7 Å². The number of carbonyl (C=O) groups excluding carboxylic acids is 2. The highest BCUT2D eigenvalue weighted by molar-refractivity contribution is 5.87. The molecule has 4 aromatic carbocycles. The number of nitrogens with zero attached hydrogens (tertiary/aromatic N) is 6. The monoisotopic (exact) mass is 646 g/mol. The van der Waals surface area contributed by atoms with Crippen molar-refractivity contribution in [2.45, 2.75) is 26.7 Å². The Kier molecular flexibility index (Phi) is 10.2. The summed E-state index contributed by atoms with van der Waals surface area (Å²) in [4.78, 5) is 25.6. The van der Waals surface area contributed by atoms with Gasteiger partial charge in [-0.2, -0.15) is 0 Å². The van der Waals surface area contributed by atoms with Crippen molar-refractivity contribution in [3.63, 3.8) is 0 Å². The molecule has 0 atom stereocenters. The highest BCUT2D eigenvalue weighted by Gasteiger charge is 2.12. The Bertz CT molecular complexity index is 1920. The number of aromatic hydroxyl groups is 2. The highest BCUT2D eigenvalue weighted by Crippen LogP contribution is 2.25. The molecule has 2 heterocycles. The molecule has 0 aliphatic rings. The largest absolute Gasteiger partial charge is 0.506 e. The van der Waals surface area contributed by atoms with Crippen molar-refractivity contribution in [1.29, 1.82) is 0 Å². The van der Waals surface area contributed by atoms with Gasteiger partial charge < -0.3 is 19.7 Å². The van der Waals surface area contributed by atoms with E-state index in [1.165, 1.54) is 9.59 Å². The number of phenols is 2. The van der Waals surface area contributed by atoms with Crippen molar-refractivity contribution in [2.24, 2.45) is 0 Å². The number of ether oxygens (including phenoxy) is 2. The number of hydrogen-bond donors (Lipinski definition) is 2. The summed E-state index contributed by atoms with van der Waals surface area (Å²) < 4.78 is 10.2. The zero-order valence-electron chi connectivity index (χ0n) is 26.5. The minimum absolute atomic E-state index is 0.0815. The summed E-state index contributed by atoms with van der Waals surface area (Å²) in [6.45, 7) is 10.8. The van der Waals surface area contributed by atoms with Crippen molar-refractivity contribution in [1.82, 2.24) is 30.0 Å². The highest BCUT2D eigenvalue weighted by atomic mass is 16.5. The number of phenolic OH excluding ortho intramolecular Hbond substituents is 2. The summed E-state index contributed by atoms with van der Waals surface area (Å²) in [6, 6.07) is 25.2. The van der Waals surface area contributed by atoms with Gasteiger partial charge in [0, 0.05) is 24.0 Å². The normalized spacial score (nSPS) is 10.7. The van der Waals surface area contributed by atoms with E-state index in [2.05, 4.69) is 33.6 Å².